The van der Waals surface area contributed by atoms with Crippen LogP contribution in [0.2, 0.25) is 0 Å². The zero-order valence-electron chi connectivity index (χ0n) is 17.5. The summed E-state index contributed by atoms with van der Waals surface area (Å²) in [7, 11) is 0. The maximum Gasteiger partial charge on any atom is 0.258 e. The van der Waals surface area contributed by atoms with E-state index in [1.165, 1.54) is 23.7 Å². The van der Waals surface area contributed by atoms with E-state index >= 15 is 0 Å². The molecule has 4 aromatic rings. The quantitative estimate of drug-likeness (QED) is 0.368. The molecule has 0 saturated carbocycles. The van der Waals surface area contributed by atoms with Crippen molar-refractivity contribution >= 4 is 56.2 Å². The van der Waals surface area contributed by atoms with Gasteiger partial charge in [-0.3, -0.25) is 14.6 Å². The van der Waals surface area contributed by atoms with E-state index in [9.17, 15) is 9.59 Å². The number of nitrogens with zero attached hydrogens (tertiary/aromatic N) is 3. The van der Waals surface area contributed by atoms with Gasteiger partial charge in [0.05, 0.1) is 39.0 Å². The second-order valence-corrected chi connectivity index (χ2v) is 7.89. The molecule has 9 heteroatoms. The van der Waals surface area contributed by atoms with Crippen molar-refractivity contribution < 1.29 is 9.59 Å². The number of fused-ring (bicyclic) bond motifs is 1. The number of rotatable bonds is 6. The predicted octanol–water partition coefficient (Wildman–Crippen LogP) is 4.82. The number of carbonyl (C=O) groups is 2. The molecule has 0 spiro atoms. The van der Waals surface area contributed by atoms with Crippen LogP contribution in [0.3, 0.4) is 0 Å². The first-order chi connectivity index (χ1) is 15.5. The van der Waals surface area contributed by atoms with Crippen LogP contribution >= 0.6 is 11.3 Å². The fraction of sp³-hybridized carbons (Fsp3) is 0.0870. The lowest BCUT2D eigenvalue weighted by Gasteiger charge is -2.15. The number of benzene rings is 1. The highest BCUT2D eigenvalue weighted by molar-refractivity contribution is 7.18. The topological polar surface area (TPSA) is 109 Å². The number of thiophene rings is 1. The van der Waals surface area contributed by atoms with E-state index in [-0.39, 0.29) is 11.8 Å². The maximum atomic E-state index is 12.8. The van der Waals surface area contributed by atoms with Crippen molar-refractivity contribution in [2.24, 2.45) is 0 Å². The molecule has 0 aliphatic carbocycles. The number of nitrogens with one attached hydrogen (secondary N) is 3. The summed E-state index contributed by atoms with van der Waals surface area (Å²) in [6.45, 7) is 7.30. The Balaban J connectivity index is 1.66. The number of hydrogen-bond acceptors (Lipinski definition) is 7. The zero-order chi connectivity index (χ0) is 22.7. The van der Waals surface area contributed by atoms with Crippen LogP contribution in [0.1, 0.15) is 21.6 Å². The number of amides is 2. The van der Waals surface area contributed by atoms with E-state index in [1.54, 1.807) is 23.7 Å². The molecule has 4 rings (SSSR count). The molecule has 1 aromatic carbocycles. The van der Waals surface area contributed by atoms with Crippen LogP contribution in [-0.2, 0) is 4.79 Å². The second-order valence-electron chi connectivity index (χ2n) is 7.01. The number of aromatic nitrogens is 3. The number of pyridine rings is 1. The maximum absolute atomic E-state index is 12.8. The molecule has 0 unspecified atom stereocenters. The summed E-state index contributed by atoms with van der Waals surface area (Å²) in [5.74, 6) is -0.0482. The van der Waals surface area contributed by atoms with E-state index < -0.39 is 0 Å². The lowest BCUT2D eigenvalue weighted by atomic mass is 10.1. The number of carbonyl (C=O) groups excluding carboxylic acids is 2. The van der Waals surface area contributed by atoms with Crippen molar-refractivity contribution in [3.63, 3.8) is 0 Å². The molecule has 8 nitrogen and oxygen atoms in total. The molecule has 2 amide bonds. The summed E-state index contributed by atoms with van der Waals surface area (Å²) in [6.07, 6.45) is 4.23. The molecule has 3 N–H and O–H groups in total. The molecule has 3 heterocycles. The Morgan fingerprint density at radius 1 is 1.06 bits per heavy atom. The van der Waals surface area contributed by atoms with E-state index in [0.717, 1.165) is 16.0 Å². The van der Waals surface area contributed by atoms with Gasteiger partial charge in [0.15, 0.2) is 5.82 Å². The van der Waals surface area contributed by atoms with Crippen LogP contribution in [0.15, 0.2) is 60.9 Å². The molecule has 3 aromatic heterocycles. The molecule has 160 valence electrons. The van der Waals surface area contributed by atoms with Crippen LogP contribution in [0.4, 0.5) is 22.9 Å². The van der Waals surface area contributed by atoms with Crippen molar-refractivity contribution in [1.82, 2.24) is 15.0 Å². The third kappa shape index (κ3) is 4.33. The van der Waals surface area contributed by atoms with Crippen LogP contribution in [-0.4, -0.2) is 26.8 Å². The Labute approximate surface area is 188 Å². The average molecular weight is 445 g/mol. The molecule has 0 aliphatic heterocycles. The number of aryl methyl sites for hydroxylation is 2. The standard InChI is InChI=1S/C23H20N6O2S/c1-4-18(30)28-17-7-5-6-13(2)19(17)29-22-21-20(25-12-26-22)16(11-32-21)23(31)27-15-9-8-14(3)24-10-15/h4-12H,1H2,2-3H3,(H,27,31)(H,28,30)(H,25,26,29). The van der Waals surface area contributed by atoms with Gasteiger partial charge in [-0.05, 0) is 43.7 Å². The van der Waals surface area contributed by atoms with Crippen LogP contribution in [0, 0.1) is 13.8 Å². The first-order valence-electron chi connectivity index (χ1n) is 9.72. The van der Waals surface area contributed by atoms with Gasteiger partial charge < -0.3 is 16.0 Å². The van der Waals surface area contributed by atoms with Gasteiger partial charge in [0.2, 0.25) is 5.91 Å². The second kappa shape index (κ2) is 8.94. The van der Waals surface area contributed by atoms with Crippen molar-refractivity contribution in [3.05, 3.63) is 77.7 Å². The largest absolute Gasteiger partial charge is 0.337 e. The molecule has 0 atom stereocenters. The fourth-order valence-corrected chi connectivity index (χ4v) is 4.03. The molecular weight excluding hydrogens is 424 g/mol. The third-order valence-corrected chi connectivity index (χ3v) is 5.70. The Bertz CT molecular complexity index is 1330. The van der Waals surface area contributed by atoms with Crippen LogP contribution < -0.4 is 16.0 Å². The lowest BCUT2D eigenvalue weighted by Crippen LogP contribution is -2.12. The minimum Gasteiger partial charge on any atom is -0.337 e. The molecular formula is C23H20N6O2S. The highest BCUT2D eigenvalue weighted by Gasteiger charge is 2.18. The monoisotopic (exact) mass is 444 g/mol. The Morgan fingerprint density at radius 3 is 2.66 bits per heavy atom. The number of para-hydroxylation sites is 1. The van der Waals surface area contributed by atoms with Gasteiger partial charge in [-0.25, -0.2) is 9.97 Å². The van der Waals surface area contributed by atoms with Crippen molar-refractivity contribution in [3.8, 4) is 0 Å². The molecule has 32 heavy (non-hydrogen) atoms. The Hall–Kier alpha value is -4.11. The van der Waals surface area contributed by atoms with E-state index in [4.69, 9.17) is 0 Å². The third-order valence-electron chi connectivity index (χ3n) is 4.73. The molecule has 0 radical (unpaired) electrons. The summed E-state index contributed by atoms with van der Waals surface area (Å²) in [6, 6.07) is 9.19. The number of anilines is 4. The smallest absolute Gasteiger partial charge is 0.258 e. The van der Waals surface area contributed by atoms with E-state index in [1.807, 2.05) is 32.0 Å². The molecule has 0 aliphatic rings. The predicted molar refractivity (Wildman–Crippen MR) is 128 cm³/mol. The summed E-state index contributed by atoms with van der Waals surface area (Å²) >= 11 is 1.36. The summed E-state index contributed by atoms with van der Waals surface area (Å²) in [4.78, 5) is 37.5. The summed E-state index contributed by atoms with van der Waals surface area (Å²) in [5.41, 5.74) is 4.68. The summed E-state index contributed by atoms with van der Waals surface area (Å²) < 4.78 is 0.726. The van der Waals surface area contributed by atoms with Gasteiger partial charge in [-0.15, -0.1) is 11.3 Å². The van der Waals surface area contributed by atoms with Crippen LogP contribution in [0.25, 0.3) is 10.2 Å². The minimum atomic E-state index is -0.313. The van der Waals surface area contributed by atoms with Gasteiger partial charge in [-0.2, -0.15) is 0 Å². The minimum absolute atomic E-state index is 0.276. The van der Waals surface area contributed by atoms with Gasteiger partial charge in [0, 0.05) is 11.1 Å². The zero-order valence-corrected chi connectivity index (χ0v) is 18.3. The number of hydrogen-bond donors (Lipinski definition) is 3. The van der Waals surface area contributed by atoms with Crippen molar-refractivity contribution in [2.75, 3.05) is 16.0 Å². The SMILES string of the molecule is C=CC(=O)Nc1cccc(C)c1Nc1ncnc2c(C(=O)Nc3ccc(C)nc3)csc12. The van der Waals surface area contributed by atoms with Crippen molar-refractivity contribution in [2.45, 2.75) is 13.8 Å². The van der Waals surface area contributed by atoms with Gasteiger partial charge >= 0.3 is 0 Å². The average Bonchev–Trinajstić information content (AvgIpc) is 3.23. The lowest BCUT2D eigenvalue weighted by molar-refractivity contribution is -0.111. The normalized spacial score (nSPS) is 10.6. The molecule has 0 bridgehead atoms. The van der Waals surface area contributed by atoms with E-state index in [0.29, 0.717) is 34.0 Å². The molecule has 0 fully saturated rings. The van der Waals surface area contributed by atoms with Gasteiger partial charge in [-0.1, -0.05) is 18.7 Å². The first-order valence-corrected chi connectivity index (χ1v) is 10.6. The van der Waals surface area contributed by atoms with Gasteiger partial charge in [0.1, 0.15) is 6.33 Å². The molecule has 0 saturated heterocycles. The Kier molecular flexibility index (Phi) is 5.91. The highest BCUT2D eigenvalue weighted by atomic mass is 32.1. The fourth-order valence-electron chi connectivity index (χ4n) is 3.08. The highest BCUT2D eigenvalue weighted by Crippen LogP contribution is 2.34. The Morgan fingerprint density at radius 2 is 1.91 bits per heavy atom. The van der Waals surface area contributed by atoms with Crippen molar-refractivity contribution in [1.29, 1.82) is 0 Å². The summed E-state index contributed by atoms with van der Waals surface area (Å²) in [5, 5.41) is 10.7. The van der Waals surface area contributed by atoms with E-state index in [2.05, 4.69) is 37.5 Å². The van der Waals surface area contributed by atoms with Gasteiger partial charge in [0.25, 0.3) is 5.91 Å². The van der Waals surface area contributed by atoms with Crippen LogP contribution in [0.5, 0.6) is 0 Å². The first kappa shape index (κ1) is 21.1.